The Morgan fingerprint density at radius 1 is 1.13 bits per heavy atom. The zero-order chi connectivity index (χ0) is 21.1. The van der Waals surface area contributed by atoms with Crippen LogP contribution in [0.2, 0.25) is 0 Å². The molecule has 0 aliphatic heterocycles. The lowest BCUT2D eigenvalue weighted by atomic mass is 10.1. The molecule has 156 valence electrons. The highest BCUT2D eigenvalue weighted by atomic mass is 32.1. The van der Waals surface area contributed by atoms with Gasteiger partial charge >= 0.3 is 6.18 Å². The number of halogens is 3. The lowest BCUT2D eigenvalue weighted by Gasteiger charge is -2.11. The van der Waals surface area contributed by atoms with Gasteiger partial charge in [-0.1, -0.05) is 24.3 Å². The Hall–Kier alpha value is -2.87. The Morgan fingerprint density at radius 3 is 2.57 bits per heavy atom. The van der Waals surface area contributed by atoms with Gasteiger partial charge in [-0.05, 0) is 48.6 Å². The van der Waals surface area contributed by atoms with Crippen LogP contribution in [0.15, 0.2) is 53.9 Å². The molecule has 1 aliphatic carbocycles. The Balaban J connectivity index is 1.44. The molecule has 3 aromatic rings. The van der Waals surface area contributed by atoms with Gasteiger partial charge in [0, 0.05) is 11.9 Å². The number of alkyl halides is 3. The first-order chi connectivity index (χ1) is 14.4. The molecule has 1 heterocycles. The van der Waals surface area contributed by atoms with Crippen LogP contribution in [-0.4, -0.2) is 17.4 Å². The SMILES string of the molecule is O=C(NCC1CC1)c1csc(-c2ccccc2OCc2ccc(C(F)(F)F)cc2)n1. The third kappa shape index (κ3) is 4.99. The third-order valence-electron chi connectivity index (χ3n) is 4.78. The fraction of sp³-hybridized carbons (Fsp3) is 0.273. The largest absolute Gasteiger partial charge is 0.488 e. The standard InChI is InChI=1S/C22H19F3N2O2S/c23-22(24,25)16-9-7-15(8-10-16)12-29-19-4-2-1-3-17(19)21-27-18(13-30-21)20(28)26-11-14-5-6-14/h1-4,7-10,13-14H,5-6,11-12H2,(H,26,28). The zero-order valence-corrected chi connectivity index (χ0v) is 16.7. The smallest absolute Gasteiger partial charge is 0.416 e. The number of benzene rings is 2. The number of amides is 1. The molecular formula is C22H19F3N2O2S. The van der Waals surface area contributed by atoms with Crippen LogP contribution in [0.25, 0.3) is 10.6 Å². The van der Waals surface area contributed by atoms with E-state index in [1.54, 1.807) is 11.4 Å². The van der Waals surface area contributed by atoms with Crippen molar-refractivity contribution in [2.75, 3.05) is 6.54 Å². The van der Waals surface area contributed by atoms with Gasteiger partial charge in [0.2, 0.25) is 0 Å². The van der Waals surface area contributed by atoms with E-state index >= 15 is 0 Å². The number of thiazole rings is 1. The van der Waals surface area contributed by atoms with Crippen molar-refractivity contribution in [2.45, 2.75) is 25.6 Å². The summed E-state index contributed by atoms with van der Waals surface area (Å²) in [5.41, 5.74) is 1.03. The van der Waals surface area contributed by atoms with E-state index in [0.717, 1.165) is 30.5 Å². The molecule has 1 fully saturated rings. The van der Waals surface area contributed by atoms with Gasteiger partial charge in [-0.25, -0.2) is 4.98 Å². The van der Waals surface area contributed by atoms with Gasteiger partial charge in [0.1, 0.15) is 23.1 Å². The third-order valence-corrected chi connectivity index (χ3v) is 5.65. The van der Waals surface area contributed by atoms with Gasteiger partial charge in [0.05, 0.1) is 11.1 Å². The number of hydrogen-bond acceptors (Lipinski definition) is 4. The predicted octanol–water partition coefficient (Wildman–Crippen LogP) is 5.55. The number of para-hydroxylation sites is 1. The van der Waals surface area contributed by atoms with Crippen molar-refractivity contribution in [1.29, 1.82) is 0 Å². The van der Waals surface area contributed by atoms with E-state index in [4.69, 9.17) is 4.74 Å². The number of rotatable bonds is 7. The van der Waals surface area contributed by atoms with Gasteiger partial charge in [-0.3, -0.25) is 4.79 Å². The summed E-state index contributed by atoms with van der Waals surface area (Å²) in [5.74, 6) is 0.954. The van der Waals surface area contributed by atoms with E-state index < -0.39 is 11.7 Å². The van der Waals surface area contributed by atoms with Crippen LogP contribution in [0.4, 0.5) is 13.2 Å². The van der Waals surface area contributed by atoms with Crippen LogP contribution in [0.3, 0.4) is 0 Å². The van der Waals surface area contributed by atoms with E-state index in [1.807, 2.05) is 18.2 Å². The van der Waals surface area contributed by atoms with Crippen molar-refractivity contribution >= 4 is 17.2 Å². The minimum atomic E-state index is -4.36. The number of hydrogen-bond donors (Lipinski definition) is 1. The summed E-state index contributed by atoms with van der Waals surface area (Å²) >= 11 is 1.34. The fourth-order valence-corrected chi connectivity index (χ4v) is 3.70. The number of nitrogens with one attached hydrogen (secondary N) is 1. The number of ether oxygens (including phenoxy) is 1. The molecular weight excluding hydrogens is 413 g/mol. The Kier molecular flexibility index (Phi) is 5.76. The Bertz CT molecular complexity index is 1030. The molecule has 4 nitrogen and oxygen atoms in total. The second kappa shape index (κ2) is 8.47. The molecule has 4 rings (SSSR count). The van der Waals surface area contributed by atoms with E-state index in [0.29, 0.717) is 34.5 Å². The minimum absolute atomic E-state index is 0.120. The normalized spacial score (nSPS) is 13.8. The van der Waals surface area contributed by atoms with Crippen molar-refractivity contribution in [3.8, 4) is 16.3 Å². The van der Waals surface area contributed by atoms with Crippen LogP contribution in [0, 0.1) is 5.92 Å². The van der Waals surface area contributed by atoms with Gasteiger partial charge < -0.3 is 10.1 Å². The molecule has 1 N–H and O–H groups in total. The van der Waals surface area contributed by atoms with Crippen LogP contribution < -0.4 is 10.1 Å². The first kappa shape index (κ1) is 20.4. The maximum Gasteiger partial charge on any atom is 0.416 e. The minimum Gasteiger partial charge on any atom is -0.488 e. The lowest BCUT2D eigenvalue weighted by molar-refractivity contribution is -0.137. The van der Waals surface area contributed by atoms with Crippen LogP contribution in [0.1, 0.15) is 34.5 Å². The van der Waals surface area contributed by atoms with Crippen molar-refractivity contribution < 1.29 is 22.7 Å². The summed E-state index contributed by atoms with van der Waals surface area (Å²) in [4.78, 5) is 16.7. The second-order valence-electron chi connectivity index (χ2n) is 7.17. The summed E-state index contributed by atoms with van der Waals surface area (Å²) in [7, 11) is 0. The molecule has 0 atom stereocenters. The Labute approximate surface area is 175 Å². The maximum absolute atomic E-state index is 12.7. The summed E-state index contributed by atoms with van der Waals surface area (Å²) < 4.78 is 43.9. The fourth-order valence-electron chi connectivity index (χ4n) is 2.87. The van der Waals surface area contributed by atoms with Crippen molar-refractivity contribution in [1.82, 2.24) is 10.3 Å². The molecule has 1 saturated carbocycles. The van der Waals surface area contributed by atoms with Crippen molar-refractivity contribution in [3.05, 3.63) is 70.7 Å². The molecule has 0 unspecified atom stereocenters. The predicted molar refractivity (Wildman–Crippen MR) is 108 cm³/mol. The quantitative estimate of drug-likeness (QED) is 0.533. The van der Waals surface area contributed by atoms with E-state index in [1.165, 1.54) is 23.5 Å². The summed E-state index contributed by atoms with van der Waals surface area (Å²) in [6, 6.07) is 12.1. The molecule has 0 saturated heterocycles. The number of carbonyl (C=O) groups is 1. The molecule has 1 aliphatic rings. The van der Waals surface area contributed by atoms with Crippen LogP contribution in [-0.2, 0) is 12.8 Å². The van der Waals surface area contributed by atoms with Crippen LogP contribution >= 0.6 is 11.3 Å². The molecule has 1 aromatic heterocycles. The topological polar surface area (TPSA) is 51.2 Å². The number of aromatic nitrogens is 1. The summed E-state index contributed by atoms with van der Waals surface area (Å²) in [5, 5.41) is 5.26. The molecule has 0 radical (unpaired) electrons. The highest BCUT2D eigenvalue weighted by Gasteiger charge is 2.30. The van der Waals surface area contributed by atoms with E-state index in [-0.39, 0.29) is 12.5 Å². The summed E-state index contributed by atoms with van der Waals surface area (Å²) in [6.45, 7) is 0.799. The van der Waals surface area contributed by atoms with Crippen molar-refractivity contribution in [2.24, 2.45) is 5.92 Å². The van der Waals surface area contributed by atoms with Gasteiger partial charge in [-0.15, -0.1) is 11.3 Å². The number of carbonyl (C=O) groups excluding carboxylic acids is 1. The molecule has 8 heteroatoms. The van der Waals surface area contributed by atoms with Crippen molar-refractivity contribution in [3.63, 3.8) is 0 Å². The van der Waals surface area contributed by atoms with Crippen LogP contribution in [0.5, 0.6) is 5.75 Å². The molecule has 30 heavy (non-hydrogen) atoms. The molecule has 2 aromatic carbocycles. The highest BCUT2D eigenvalue weighted by Crippen LogP contribution is 2.33. The first-order valence-corrected chi connectivity index (χ1v) is 10.4. The number of nitrogens with zero attached hydrogens (tertiary/aromatic N) is 1. The molecule has 0 spiro atoms. The average Bonchev–Trinajstić information content (AvgIpc) is 3.44. The average molecular weight is 432 g/mol. The van der Waals surface area contributed by atoms with Gasteiger partial charge in [0.25, 0.3) is 5.91 Å². The lowest BCUT2D eigenvalue weighted by Crippen LogP contribution is -2.25. The van der Waals surface area contributed by atoms with Gasteiger partial charge in [0.15, 0.2) is 0 Å². The first-order valence-electron chi connectivity index (χ1n) is 9.52. The highest BCUT2D eigenvalue weighted by molar-refractivity contribution is 7.13. The Morgan fingerprint density at radius 2 is 1.87 bits per heavy atom. The van der Waals surface area contributed by atoms with E-state index in [9.17, 15) is 18.0 Å². The second-order valence-corrected chi connectivity index (χ2v) is 8.03. The molecule has 0 bridgehead atoms. The maximum atomic E-state index is 12.7. The monoisotopic (exact) mass is 432 g/mol. The van der Waals surface area contributed by atoms with Gasteiger partial charge in [-0.2, -0.15) is 13.2 Å². The molecule has 1 amide bonds. The van der Waals surface area contributed by atoms with E-state index in [2.05, 4.69) is 10.3 Å². The summed E-state index contributed by atoms with van der Waals surface area (Å²) in [6.07, 6.45) is -2.04. The zero-order valence-electron chi connectivity index (χ0n) is 15.9.